The molecule has 0 aliphatic heterocycles. The van der Waals surface area contributed by atoms with Crippen LogP contribution >= 0.6 is 23.4 Å². The zero-order chi connectivity index (χ0) is 18.0. The van der Waals surface area contributed by atoms with Gasteiger partial charge in [-0.05, 0) is 42.1 Å². The number of rotatable bonds is 5. The number of fused-ring (bicyclic) bond motifs is 1. The average Bonchev–Trinajstić information content (AvgIpc) is 2.87. The van der Waals surface area contributed by atoms with Gasteiger partial charge in [-0.15, -0.1) is 0 Å². The standard InChI is InChI=1S/C16H11ClF3N3OS/c17-9-5-6-11(10(18)7-9)21-14(24)8-23-13-4-2-1-3-12(13)22-16(23)25-15(19)20/h1-7,15H,8H2,(H,21,24). The summed E-state index contributed by atoms with van der Waals surface area (Å²) in [5, 5.41) is 2.62. The van der Waals surface area contributed by atoms with Gasteiger partial charge in [0.05, 0.1) is 16.7 Å². The van der Waals surface area contributed by atoms with Crippen LogP contribution in [0.2, 0.25) is 5.02 Å². The summed E-state index contributed by atoms with van der Waals surface area (Å²) in [5.41, 5.74) is 0.996. The van der Waals surface area contributed by atoms with Gasteiger partial charge in [-0.2, -0.15) is 8.78 Å². The number of hydrogen-bond donors (Lipinski definition) is 1. The second kappa shape index (κ2) is 7.37. The predicted octanol–water partition coefficient (Wildman–Crippen LogP) is 4.78. The Hall–Kier alpha value is -2.19. The molecule has 130 valence electrons. The number of carbonyl (C=O) groups excluding carboxylic acids is 1. The van der Waals surface area contributed by atoms with Gasteiger partial charge in [-0.3, -0.25) is 4.79 Å². The molecule has 0 radical (unpaired) electrons. The number of amides is 1. The predicted molar refractivity (Wildman–Crippen MR) is 91.6 cm³/mol. The summed E-state index contributed by atoms with van der Waals surface area (Å²) in [4.78, 5) is 16.4. The zero-order valence-electron chi connectivity index (χ0n) is 12.5. The molecule has 0 fully saturated rings. The molecule has 1 N–H and O–H groups in total. The van der Waals surface area contributed by atoms with Crippen LogP contribution in [0.15, 0.2) is 47.6 Å². The summed E-state index contributed by atoms with van der Waals surface area (Å²) in [6.07, 6.45) is 0. The Balaban J connectivity index is 1.87. The van der Waals surface area contributed by atoms with E-state index in [2.05, 4.69) is 10.3 Å². The monoisotopic (exact) mass is 385 g/mol. The van der Waals surface area contributed by atoms with E-state index in [0.29, 0.717) is 11.0 Å². The number of para-hydroxylation sites is 2. The van der Waals surface area contributed by atoms with Crippen LogP contribution in [-0.2, 0) is 11.3 Å². The first kappa shape index (κ1) is 17.6. The maximum absolute atomic E-state index is 13.8. The van der Waals surface area contributed by atoms with E-state index in [-0.39, 0.29) is 34.2 Å². The molecule has 0 saturated carbocycles. The van der Waals surface area contributed by atoms with Crippen LogP contribution in [0.1, 0.15) is 0 Å². The number of benzene rings is 2. The molecule has 0 spiro atoms. The highest BCUT2D eigenvalue weighted by Crippen LogP contribution is 2.28. The number of aromatic nitrogens is 2. The minimum atomic E-state index is -2.67. The first-order valence-electron chi connectivity index (χ1n) is 7.09. The second-order valence-electron chi connectivity index (χ2n) is 5.02. The van der Waals surface area contributed by atoms with Crippen molar-refractivity contribution in [1.82, 2.24) is 9.55 Å². The molecule has 0 unspecified atom stereocenters. The summed E-state index contributed by atoms with van der Waals surface area (Å²) in [6.45, 7) is -0.280. The molecule has 1 heterocycles. The number of imidazole rings is 1. The first-order valence-corrected chi connectivity index (χ1v) is 8.35. The summed E-state index contributed by atoms with van der Waals surface area (Å²) in [6, 6.07) is 10.6. The Morgan fingerprint density at radius 1 is 1.28 bits per heavy atom. The van der Waals surface area contributed by atoms with E-state index in [9.17, 15) is 18.0 Å². The Kier molecular flexibility index (Phi) is 5.19. The summed E-state index contributed by atoms with van der Waals surface area (Å²) < 4.78 is 40.6. The van der Waals surface area contributed by atoms with Gasteiger partial charge < -0.3 is 9.88 Å². The molecule has 0 aliphatic carbocycles. The number of carbonyl (C=O) groups is 1. The lowest BCUT2D eigenvalue weighted by atomic mass is 10.3. The molecular formula is C16H11ClF3N3OS. The number of nitrogens with zero attached hydrogens (tertiary/aromatic N) is 2. The number of alkyl halides is 2. The van der Waals surface area contributed by atoms with E-state index in [0.717, 1.165) is 6.07 Å². The van der Waals surface area contributed by atoms with Crippen molar-refractivity contribution in [1.29, 1.82) is 0 Å². The largest absolute Gasteiger partial charge is 0.322 e. The lowest BCUT2D eigenvalue weighted by molar-refractivity contribution is -0.116. The normalized spacial score (nSPS) is 11.2. The quantitative estimate of drug-likeness (QED) is 0.643. The van der Waals surface area contributed by atoms with Crippen LogP contribution in [0.25, 0.3) is 11.0 Å². The first-order chi connectivity index (χ1) is 11.9. The van der Waals surface area contributed by atoms with Gasteiger partial charge in [0, 0.05) is 5.02 Å². The number of anilines is 1. The van der Waals surface area contributed by atoms with Crippen molar-refractivity contribution >= 4 is 46.0 Å². The number of nitrogens with one attached hydrogen (secondary N) is 1. The molecule has 0 bridgehead atoms. The fourth-order valence-corrected chi connectivity index (χ4v) is 3.06. The highest BCUT2D eigenvalue weighted by molar-refractivity contribution is 7.99. The summed E-state index contributed by atoms with van der Waals surface area (Å²) in [5.74, 6) is -3.92. The van der Waals surface area contributed by atoms with Crippen molar-refractivity contribution < 1.29 is 18.0 Å². The van der Waals surface area contributed by atoms with E-state index >= 15 is 0 Å². The summed E-state index contributed by atoms with van der Waals surface area (Å²) >= 11 is 5.92. The zero-order valence-corrected chi connectivity index (χ0v) is 14.1. The van der Waals surface area contributed by atoms with Gasteiger partial charge in [0.2, 0.25) is 5.91 Å². The highest BCUT2D eigenvalue weighted by atomic mass is 35.5. The van der Waals surface area contributed by atoms with Gasteiger partial charge >= 0.3 is 0 Å². The fourth-order valence-electron chi connectivity index (χ4n) is 2.30. The van der Waals surface area contributed by atoms with Crippen molar-refractivity contribution in [3.05, 3.63) is 53.3 Å². The molecule has 0 saturated heterocycles. The molecule has 3 aromatic rings. The number of thioether (sulfide) groups is 1. The Bertz CT molecular complexity index is 932. The van der Waals surface area contributed by atoms with Crippen LogP contribution in [0.5, 0.6) is 0 Å². The molecular weight excluding hydrogens is 375 g/mol. The topological polar surface area (TPSA) is 46.9 Å². The number of hydrogen-bond acceptors (Lipinski definition) is 3. The van der Waals surface area contributed by atoms with Crippen molar-refractivity contribution in [2.24, 2.45) is 0 Å². The Morgan fingerprint density at radius 3 is 2.76 bits per heavy atom. The molecule has 3 rings (SSSR count). The maximum atomic E-state index is 13.8. The summed E-state index contributed by atoms with van der Waals surface area (Å²) in [7, 11) is 0. The van der Waals surface area contributed by atoms with Crippen LogP contribution in [0.3, 0.4) is 0 Å². The van der Waals surface area contributed by atoms with Crippen molar-refractivity contribution in [3.63, 3.8) is 0 Å². The smallest absolute Gasteiger partial charge is 0.291 e. The van der Waals surface area contributed by atoms with E-state index < -0.39 is 17.5 Å². The van der Waals surface area contributed by atoms with E-state index in [4.69, 9.17) is 11.6 Å². The molecule has 1 aromatic heterocycles. The van der Waals surface area contributed by atoms with E-state index in [1.807, 2.05) is 0 Å². The third kappa shape index (κ3) is 4.08. The molecule has 25 heavy (non-hydrogen) atoms. The van der Waals surface area contributed by atoms with Crippen molar-refractivity contribution in [2.45, 2.75) is 17.5 Å². The van der Waals surface area contributed by atoms with Gasteiger partial charge in [0.1, 0.15) is 12.4 Å². The lowest BCUT2D eigenvalue weighted by Gasteiger charge is -2.10. The van der Waals surface area contributed by atoms with Crippen LogP contribution in [0, 0.1) is 5.82 Å². The Morgan fingerprint density at radius 2 is 2.04 bits per heavy atom. The van der Waals surface area contributed by atoms with E-state index in [1.165, 1.54) is 16.7 Å². The minimum Gasteiger partial charge on any atom is -0.322 e. The fraction of sp³-hybridized carbons (Fsp3) is 0.125. The van der Waals surface area contributed by atoms with Crippen LogP contribution in [-0.4, -0.2) is 21.2 Å². The highest BCUT2D eigenvalue weighted by Gasteiger charge is 2.18. The molecule has 2 aromatic carbocycles. The van der Waals surface area contributed by atoms with E-state index in [1.54, 1.807) is 24.3 Å². The van der Waals surface area contributed by atoms with Crippen molar-refractivity contribution in [3.8, 4) is 0 Å². The molecule has 0 atom stereocenters. The third-order valence-electron chi connectivity index (χ3n) is 3.32. The van der Waals surface area contributed by atoms with Gasteiger partial charge in [-0.25, -0.2) is 9.37 Å². The Labute approximate surface area is 150 Å². The van der Waals surface area contributed by atoms with Gasteiger partial charge in [-0.1, -0.05) is 23.7 Å². The third-order valence-corrected chi connectivity index (χ3v) is 4.26. The average molecular weight is 386 g/mol. The maximum Gasteiger partial charge on any atom is 0.291 e. The van der Waals surface area contributed by atoms with Crippen LogP contribution < -0.4 is 5.32 Å². The van der Waals surface area contributed by atoms with Gasteiger partial charge in [0.25, 0.3) is 5.76 Å². The SMILES string of the molecule is O=C(Cn1c(SC(F)F)nc2ccccc21)Nc1ccc(Cl)cc1F. The minimum absolute atomic E-state index is 0.0166. The second-order valence-corrected chi connectivity index (χ2v) is 6.41. The molecule has 0 aliphatic rings. The number of halogens is 4. The van der Waals surface area contributed by atoms with Crippen LogP contribution in [0.4, 0.5) is 18.9 Å². The molecule has 9 heteroatoms. The van der Waals surface area contributed by atoms with Gasteiger partial charge in [0.15, 0.2) is 5.16 Å². The molecule has 4 nitrogen and oxygen atoms in total. The molecule has 1 amide bonds. The lowest BCUT2D eigenvalue weighted by Crippen LogP contribution is -2.20. The van der Waals surface area contributed by atoms with Crippen molar-refractivity contribution in [2.75, 3.05) is 5.32 Å².